The summed E-state index contributed by atoms with van der Waals surface area (Å²) in [6.45, 7) is 4.47. The Morgan fingerprint density at radius 3 is 2.76 bits per heavy atom. The van der Waals surface area contributed by atoms with Crippen LogP contribution in [0, 0.1) is 0 Å². The fraction of sp³-hybridized carbons (Fsp3) is 0.733. The zero-order valence-corrected chi connectivity index (χ0v) is 13.8. The third-order valence-corrected chi connectivity index (χ3v) is 4.79. The number of ether oxygens (including phenoxy) is 1. The van der Waals surface area contributed by atoms with E-state index in [-0.39, 0.29) is 0 Å². The van der Waals surface area contributed by atoms with Crippen molar-refractivity contribution in [2.45, 2.75) is 44.5 Å². The first-order valence-corrected chi connectivity index (χ1v) is 8.83. The van der Waals surface area contributed by atoms with Crippen molar-refractivity contribution in [2.24, 2.45) is 0 Å². The number of anilines is 2. The summed E-state index contributed by atoms with van der Waals surface area (Å²) in [6, 6.07) is 1.99. The van der Waals surface area contributed by atoms with Crippen LogP contribution in [0.1, 0.15) is 38.4 Å². The smallest absolute Gasteiger partial charge is 0.158 e. The molecule has 0 bridgehead atoms. The Hall–Kier alpha value is -1.01. The molecule has 1 unspecified atom stereocenters. The molecule has 21 heavy (non-hydrogen) atoms. The lowest BCUT2D eigenvalue weighted by Gasteiger charge is -2.21. The quantitative estimate of drug-likeness (QED) is 0.769. The molecule has 6 heteroatoms. The molecular formula is C15H26N4OS. The monoisotopic (exact) mass is 310 g/mol. The zero-order valence-electron chi connectivity index (χ0n) is 13.0. The number of hydrogen-bond donors (Lipinski definition) is 2. The molecule has 1 aromatic rings. The van der Waals surface area contributed by atoms with Gasteiger partial charge in [0.2, 0.25) is 0 Å². The highest BCUT2D eigenvalue weighted by Crippen LogP contribution is 2.25. The Morgan fingerprint density at radius 2 is 2.10 bits per heavy atom. The highest BCUT2D eigenvalue weighted by Gasteiger charge is 2.14. The Bertz CT molecular complexity index is 424. The van der Waals surface area contributed by atoms with Crippen LogP contribution in [-0.4, -0.2) is 41.2 Å². The molecule has 118 valence electrons. The van der Waals surface area contributed by atoms with Gasteiger partial charge in [0.1, 0.15) is 18.2 Å². The van der Waals surface area contributed by atoms with E-state index in [1.807, 2.05) is 6.07 Å². The summed E-state index contributed by atoms with van der Waals surface area (Å²) in [7, 11) is 1.67. The van der Waals surface area contributed by atoms with Gasteiger partial charge in [0.05, 0.1) is 0 Å². The van der Waals surface area contributed by atoms with E-state index in [4.69, 9.17) is 4.74 Å². The SMILES string of the molecule is CCCNc1cc(NCC2CCCCS2)nc(COC)n1. The van der Waals surface area contributed by atoms with Crippen molar-refractivity contribution in [3.63, 3.8) is 0 Å². The molecular weight excluding hydrogens is 284 g/mol. The van der Waals surface area contributed by atoms with Gasteiger partial charge < -0.3 is 15.4 Å². The molecule has 2 heterocycles. The second-order valence-corrected chi connectivity index (χ2v) is 6.69. The molecule has 0 saturated carbocycles. The molecule has 2 rings (SSSR count). The van der Waals surface area contributed by atoms with Crippen LogP contribution in [-0.2, 0) is 11.3 Å². The second-order valence-electron chi connectivity index (χ2n) is 5.28. The number of thioether (sulfide) groups is 1. The van der Waals surface area contributed by atoms with Gasteiger partial charge >= 0.3 is 0 Å². The third-order valence-electron chi connectivity index (χ3n) is 3.39. The number of aromatic nitrogens is 2. The molecule has 2 N–H and O–H groups in total. The number of methoxy groups -OCH3 is 1. The molecule has 5 nitrogen and oxygen atoms in total. The van der Waals surface area contributed by atoms with Crippen LogP contribution < -0.4 is 10.6 Å². The number of rotatable bonds is 8. The molecule has 1 aliphatic rings. The Balaban J connectivity index is 1.96. The van der Waals surface area contributed by atoms with Crippen molar-refractivity contribution in [3.05, 3.63) is 11.9 Å². The van der Waals surface area contributed by atoms with Crippen LogP contribution in [0.2, 0.25) is 0 Å². The highest BCUT2D eigenvalue weighted by molar-refractivity contribution is 7.99. The topological polar surface area (TPSA) is 59.1 Å². The Morgan fingerprint density at radius 1 is 1.29 bits per heavy atom. The predicted octanol–water partition coefficient (Wildman–Crippen LogP) is 3.14. The average molecular weight is 310 g/mol. The fourth-order valence-electron chi connectivity index (χ4n) is 2.31. The molecule has 1 aliphatic heterocycles. The van der Waals surface area contributed by atoms with Gasteiger partial charge in [-0.3, -0.25) is 0 Å². The molecule has 1 atom stereocenters. The fourth-order valence-corrected chi connectivity index (χ4v) is 3.55. The predicted molar refractivity (Wildman–Crippen MR) is 90.1 cm³/mol. The molecule has 0 aliphatic carbocycles. The minimum Gasteiger partial charge on any atom is -0.377 e. The average Bonchev–Trinajstić information content (AvgIpc) is 2.52. The molecule has 1 aromatic heterocycles. The zero-order chi connectivity index (χ0) is 14.9. The van der Waals surface area contributed by atoms with Crippen molar-refractivity contribution in [2.75, 3.05) is 36.6 Å². The maximum absolute atomic E-state index is 5.15. The highest BCUT2D eigenvalue weighted by atomic mass is 32.2. The summed E-state index contributed by atoms with van der Waals surface area (Å²) in [5, 5.41) is 7.48. The van der Waals surface area contributed by atoms with Crippen molar-refractivity contribution in [3.8, 4) is 0 Å². The van der Waals surface area contributed by atoms with Crippen LogP contribution in [0.15, 0.2) is 6.07 Å². The van der Waals surface area contributed by atoms with Crippen LogP contribution in [0.4, 0.5) is 11.6 Å². The van der Waals surface area contributed by atoms with Crippen molar-refractivity contribution in [1.29, 1.82) is 0 Å². The van der Waals surface area contributed by atoms with Crippen LogP contribution >= 0.6 is 11.8 Å². The van der Waals surface area contributed by atoms with E-state index in [1.54, 1.807) is 7.11 Å². The van der Waals surface area contributed by atoms with Gasteiger partial charge in [0, 0.05) is 31.5 Å². The van der Waals surface area contributed by atoms with Gasteiger partial charge in [-0.15, -0.1) is 0 Å². The Kier molecular flexibility index (Phi) is 7.09. The number of nitrogens with one attached hydrogen (secondary N) is 2. The molecule has 0 aromatic carbocycles. The third kappa shape index (κ3) is 5.71. The van der Waals surface area contributed by atoms with Crippen molar-refractivity contribution < 1.29 is 4.74 Å². The Labute approximate surface area is 131 Å². The second kappa shape index (κ2) is 9.10. The summed E-state index contributed by atoms with van der Waals surface area (Å²) in [5.41, 5.74) is 0. The van der Waals surface area contributed by atoms with Crippen molar-refractivity contribution >= 4 is 23.4 Å². The van der Waals surface area contributed by atoms with Gasteiger partial charge in [-0.2, -0.15) is 11.8 Å². The van der Waals surface area contributed by atoms with E-state index in [2.05, 4.69) is 39.3 Å². The molecule has 0 amide bonds. The van der Waals surface area contributed by atoms with Crippen LogP contribution in [0.3, 0.4) is 0 Å². The summed E-state index contributed by atoms with van der Waals surface area (Å²) in [4.78, 5) is 8.98. The van der Waals surface area contributed by atoms with Gasteiger partial charge in [-0.25, -0.2) is 9.97 Å². The maximum Gasteiger partial charge on any atom is 0.158 e. The van der Waals surface area contributed by atoms with E-state index in [9.17, 15) is 0 Å². The molecule has 0 spiro atoms. The number of hydrogen-bond acceptors (Lipinski definition) is 6. The lowest BCUT2D eigenvalue weighted by Crippen LogP contribution is -2.21. The van der Waals surface area contributed by atoms with E-state index < -0.39 is 0 Å². The molecule has 0 radical (unpaired) electrons. The summed E-state index contributed by atoms with van der Waals surface area (Å²) in [5.74, 6) is 3.77. The summed E-state index contributed by atoms with van der Waals surface area (Å²) in [6.07, 6.45) is 5.08. The first-order chi connectivity index (χ1) is 10.3. The van der Waals surface area contributed by atoms with E-state index in [1.165, 1.54) is 25.0 Å². The molecule has 1 fully saturated rings. The summed E-state index contributed by atoms with van der Waals surface area (Å²) >= 11 is 2.07. The van der Waals surface area contributed by atoms with E-state index in [0.717, 1.165) is 37.0 Å². The van der Waals surface area contributed by atoms with Crippen molar-refractivity contribution in [1.82, 2.24) is 9.97 Å². The maximum atomic E-state index is 5.15. The van der Waals surface area contributed by atoms with E-state index >= 15 is 0 Å². The van der Waals surface area contributed by atoms with Crippen LogP contribution in [0.5, 0.6) is 0 Å². The van der Waals surface area contributed by atoms with Gasteiger partial charge in [-0.05, 0) is 25.0 Å². The van der Waals surface area contributed by atoms with E-state index in [0.29, 0.717) is 11.9 Å². The first-order valence-electron chi connectivity index (χ1n) is 7.78. The summed E-state index contributed by atoms with van der Waals surface area (Å²) < 4.78 is 5.15. The van der Waals surface area contributed by atoms with Gasteiger partial charge in [0.25, 0.3) is 0 Å². The van der Waals surface area contributed by atoms with Gasteiger partial charge in [0.15, 0.2) is 5.82 Å². The minimum absolute atomic E-state index is 0.439. The lowest BCUT2D eigenvalue weighted by atomic mass is 10.2. The largest absolute Gasteiger partial charge is 0.377 e. The molecule has 1 saturated heterocycles. The van der Waals surface area contributed by atoms with Gasteiger partial charge in [-0.1, -0.05) is 13.3 Å². The normalized spacial score (nSPS) is 18.5. The lowest BCUT2D eigenvalue weighted by molar-refractivity contribution is 0.178. The number of nitrogens with zero attached hydrogens (tertiary/aromatic N) is 2. The minimum atomic E-state index is 0.439. The first kappa shape index (κ1) is 16.4. The van der Waals surface area contributed by atoms with Crippen LogP contribution in [0.25, 0.3) is 0 Å². The standard InChI is InChI=1S/C15H26N4OS/c1-3-7-16-13-9-14(19-15(18-13)11-20-2)17-10-12-6-4-5-8-21-12/h9,12H,3-8,10-11H2,1-2H3,(H2,16,17,18,19).